The van der Waals surface area contributed by atoms with E-state index in [0.717, 1.165) is 18.4 Å². The summed E-state index contributed by atoms with van der Waals surface area (Å²) in [5, 5.41) is 11.3. The standard InChI is InChI=1S/C20H18N4O5/c25-18-19(26)22-17-13(9-14(24(28)29)10-16(17)21-18)11-23-8-4-7-15(20(23)27)12-5-2-1-3-6-12/h1-3,5-6,9-10,15H,4,7-8,11H2,(H,21,25)(H,22,26). The number of nitrogens with one attached hydrogen (secondary N) is 2. The van der Waals surface area contributed by atoms with Crippen LogP contribution in [0.4, 0.5) is 5.69 Å². The van der Waals surface area contributed by atoms with E-state index < -0.39 is 16.0 Å². The number of fused-ring (bicyclic) bond motifs is 1. The van der Waals surface area contributed by atoms with E-state index in [4.69, 9.17) is 0 Å². The van der Waals surface area contributed by atoms with Gasteiger partial charge in [0.25, 0.3) is 5.69 Å². The second kappa shape index (κ2) is 7.34. The van der Waals surface area contributed by atoms with Gasteiger partial charge < -0.3 is 14.9 Å². The Balaban J connectivity index is 1.74. The maximum atomic E-state index is 13.1. The number of nitrogens with zero attached hydrogens (tertiary/aromatic N) is 2. The van der Waals surface area contributed by atoms with Crippen LogP contribution in [0.15, 0.2) is 52.1 Å². The van der Waals surface area contributed by atoms with Crippen LogP contribution in [0.5, 0.6) is 0 Å². The third-order valence-electron chi connectivity index (χ3n) is 5.20. The van der Waals surface area contributed by atoms with Gasteiger partial charge in [0.15, 0.2) is 0 Å². The summed E-state index contributed by atoms with van der Waals surface area (Å²) < 4.78 is 0. The number of hydrogen-bond donors (Lipinski definition) is 2. The Labute approximate surface area is 164 Å². The van der Waals surface area contributed by atoms with Gasteiger partial charge in [0.1, 0.15) is 0 Å². The minimum atomic E-state index is -0.887. The number of hydrogen-bond acceptors (Lipinski definition) is 5. The number of nitro benzene ring substituents is 1. The van der Waals surface area contributed by atoms with Gasteiger partial charge in [-0.1, -0.05) is 30.3 Å². The van der Waals surface area contributed by atoms with Crippen LogP contribution in [-0.2, 0) is 11.3 Å². The molecular formula is C20H18N4O5. The SMILES string of the molecule is O=C1C(c2ccccc2)CCCN1Cc1cc([N+](=O)[O-])cc2[nH]c(=O)c(=O)[nH]c12. The molecule has 0 bridgehead atoms. The molecule has 1 aliphatic heterocycles. The monoisotopic (exact) mass is 394 g/mol. The fraction of sp³-hybridized carbons (Fsp3) is 0.250. The van der Waals surface area contributed by atoms with Crippen LogP contribution in [0.1, 0.15) is 29.9 Å². The number of aromatic nitrogens is 2. The molecule has 1 fully saturated rings. The van der Waals surface area contributed by atoms with Gasteiger partial charge in [-0.3, -0.25) is 24.5 Å². The molecule has 1 unspecified atom stereocenters. The number of H-pyrrole nitrogens is 2. The fourth-order valence-electron chi connectivity index (χ4n) is 3.81. The van der Waals surface area contributed by atoms with E-state index in [-0.39, 0.29) is 35.1 Å². The first kappa shape index (κ1) is 18.6. The van der Waals surface area contributed by atoms with Crippen LogP contribution in [0, 0.1) is 10.1 Å². The van der Waals surface area contributed by atoms with Gasteiger partial charge in [-0.25, -0.2) is 0 Å². The summed E-state index contributed by atoms with van der Waals surface area (Å²) in [5.41, 5.74) is -0.174. The zero-order valence-electron chi connectivity index (χ0n) is 15.4. The van der Waals surface area contributed by atoms with Crippen LogP contribution in [0.3, 0.4) is 0 Å². The third kappa shape index (κ3) is 3.54. The van der Waals surface area contributed by atoms with E-state index in [2.05, 4.69) is 9.97 Å². The molecule has 1 saturated heterocycles. The van der Waals surface area contributed by atoms with Crippen molar-refractivity contribution in [2.75, 3.05) is 6.54 Å². The maximum Gasteiger partial charge on any atom is 0.314 e. The van der Waals surface area contributed by atoms with Gasteiger partial charge in [0.2, 0.25) is 5.91 Å². The summed E-state index contributed by atoms with van der Waals surface area (Å²) >= 11 is 0. The topological polar surface area (TPSA) is 129 Å². The lowest BCUT2D eigenvalue weighted by Gasteiger charge is -2.32. The van der Waals surface area contributed by atoms with E-state index in [1.165, 1.54) is 12.1 Å². The molecule has 2 heterocycles. The lowest BCUT2D eigenvalue weighted by Crippen LogP contribution is -2.39. The minimum Gasteiger partial charge on any atom is -0.338 e. The van der Waals surface area contributed by atoms with Crippen molar-refractivity contribution in [3.63, 3.8) is 0 Å². The van der Waals surface area contributed by atoms with Crippen molar-refractivity contribution in [1.82, 2.24) is 14.9 Å². The number of rotatable bonds is 4. The van der Waals surface area contributed by atoms with Crippen molar-refractivity contribution in [1.29, 1.82) is 0 Å². The van der Waals surface area contributed by atoms with Gasteiger partial charge in [-0.15, -0.1) is 0 Å². The molecule has 4 rings (SSSR count). The quantitative estimate of drug-likeness (QED) is 0.397. The lowest BCUT2D eigenvalue weighted by atomic mass is 9.89. The van der Waals surface area contributed by atoms with Crippen LogP contribution in [0.2, 0.25) is 0 Å². The van der Waals surface area contributed by atoms with Crippen molar-refractivity contribution in [3.8, 4) is 0 Å². The van der Waals surface area contributed by atoms with Gasteiger partial charge in [0, 0.05) is 30.8 Å². The number of likely N-dealkylation sites (tertiary alicyclic amines) is 1. The first-order valence-electron chi connectivity index (χ1n) is 9.21. The van der Waals surface area contributed by atoms with Gasteiger partial charge in [-0.05, 0) is 18.4 Å². The van der Waals surface area contributed by atoms with E-state index >= 15 is 0 Å². The van der Waals surface area contributed by atoms with Crippen LogP contribution < -0.4 is 11.1 Å². The molecule has 0 radical (unpaired) electrons. The number of benzene rings is 2. The molecular weight excluding hydrogens is 376 g/mol. The number of nitro groups is 1. The Hall–Kier alpha value is -3.75. The van der Waals surface area contributed by atoms with E-state index in [0.29, 0.717) is 12.1 Å². The number of aromatic amines is 2. The number of non-ortho nitro benzene ring substituents is 1. The highest BCUT2D eigenvalue weighted by Crippen LogP contribution is 2.30. The molecule has 0 aliphatic carbocycles. The Kier molecular flexibility index (Phi) is 4.71. The van der Waals surface area contributed by atoms with Crippen LogP contribution >= 0.6 is 0 Å². The highest BCUT2D eigenvalue weighted by atomic mass is 16.6. The highest BCUT2D eigenvalue weighted by Gasteiger charge is 2.30. The summed E-state index contributed by atoms with van der Waals surface area (Å²) in [6.45, 7) is 0.613. The van der Waals surface area contributed by atoms with Gasteiger partial charge >= 0.3 is 11.1 Å². The third-order valence-corrected chi connectivity index (χ3v) is 5.20. The van der Waals surface area contributed by atoms with Gasteiger partial charge in [0.05, 0.1) is 21.9 Å². The molecule has 1 atom stereocenters. The summed E-state index contributed by atoms with van der Waals surface area (Å²) in [7, 11) is 0. The molecule has 1 amide bonds. The van der Waals surface area contributed by atoms with Crippen molar-refractivity contribution in [2.24, 2.45) is 0 Å². The van der Waals surface area contributed by atoms with Crippen molar-refractivity contribution >= 4 is 22.6 Å². The van der Waals surface area contributed by atoms with Crippen molar-refractivity contribution in [2.45, 2.75) is 25.3 Å². The average molecular weight is 394 g/mol. The first-order valence-corrected chi connectivity index (χ1v) is 9.21. The zero-order chi connectivity index (χ0) is 20.5. The molecule has 0 spiro atoms. The lowest BCUT2D eigenvalue weighted by molar-refractivity contribution is -0.384. The van der Waals surface area contributed by atoms with E-state index in [1.807, 2.05) is 30.3 Å². The van der Waals surface area contributed by atoms with Gasteiger partial charge in [-0.2, -0.15) is 0 Å². The smallest absolute Gasteiger partial charge is 0.314 e. The van der Waals surface area contributed by atoms with E-state index in [1.54, 1.807) is 4.90 Å². The highest BCUT2D eigenvalue weighted by molar-refractivity contribution is 5.86. The van der Waals surface area contributed by atoms with Crippen LogP contribution in [-0.4, -0.2) is 32.2 Å². The summed E-state index contributed by atoms with van der Waals surface area (Å²) in [6, 6.07) is 12.0. The normalized spacial score (nSPS) is 16.9. The molecule has 29 heavy (non-hydrogen) atoms. The average Bonchev–Trinajstić information content (AvgIpc) is 2.71. The Morgan fingerprint density at radius 2 is 1.79 bits per heavy atom. The molecule has 2 N–H and O–H groups in total. The summed E-state index contributed by atoms with van der Waals surface area (Å²) in [5.74, 6) is -0.331. The van der Waals surface area contributed by atoms with Crippen LogP contribution in [0.25, 0.3) is 11.0 Å². The predicted octanol–water partition coefficient (Wildman–Crippen LogP) is 2.03. The minimum absolute atomic E-state index is 0.0612. The number of amides is 1. The Morgan fingerprint density at radius 1 is 1.07 bits per heavy atom. The molecule has 1 aromatic heterocycles. The number of carbonyl (C=O) groups is 1. The van der Waals surface area contributed by atoms with E-state index in [9.17, 15) is 24.5 Å². The predicted molar refractivity (Wildman–Crippen MR) is 106 cm³/mol. The zero-order valence-corrected chi connectivity index (χ0v) is 15.4. The molecule has 148 valence electrons. The summed E-state index contributed by atoms with van der Waals surface area (Å²) in [4.78, 5) is 53.7. The molecule has 9 heteroatoms. The Morgan fingerprint density at radius 3 is 2.52 bits per heavy atom. The first-order chi connectivity index (χ1) is 13.9. The molecule has 0 saturated carbocycles. The second-order valence-corrected chi connectivity index (χ2v) is 7.06. The Bertz CT molecular complexity index is 1220. The van der Waals surface area contributed by atoms with Crippen molar-refractivity contribution in [3.05, 3.63) is 84.4 Å². The maximum absolute atomic E-state index is 13.1. The molecule has 9 nitrogen and oxygen atoms in total. The largest absolute Gasteiger partial charge is 0.338 e. The van der Waals surface area contributed by atoms with Crippen molar-refractivity contribution < 1.29 is 9.72 Å². The number of piperidine rings is 1. The number of carbonyl (C=O) groups excluding carboxylic acids is 1. The fourth-order valence-corrected chi connectivity index (χ4v) is 3.81. The molecule has 3 aromatic rings. The summed E-state index contributed by atoms with van der Waals surface area (Å²) in [6.07, 6.45) is 1.53. The molecule has 2 aromatic carbocycles. The molecule has 1 aliphatic rings. The second-order valence-electron chi connectivity index (χ2n) is 7.06.